The second-order valence-electron chi connectivity index (χ2n) is 6.92. The normalized spacial score (nSPS) is 10.8. The van der Waals surface area contributed by atoms with Gasteiger partial charge in [0.25, 0.3) is 5.91 Å². The van der Waals surface area contributed by atoms with Gasteiger partial charge in [-0.2, -0.15) is 0 Å². The van der Waals surface area contributed by atoms with E-state index in [9.17, 15) is 4.79 Å². The number of hydrogen-bond acceptors (Lipinski definition) is 4. The van der Waals surface area contributed by atoms with E-state index in [2.05, 4.69) is 31.7 Å². The number of carbonyl (C=O) groups excluding carboxylic acids is 1. The summed E-state index contributed by atoms with van der Waals surface area (Å²) in [6.45, 7) is 4.67. The van der Waals surface area contributed by atoms with Crippen LogP contribution in [-0.4, -0.2) is 27.4 Å². The van der Waals surface area contributed by atoms with Gasteiger partial charge < -0.3 is 15.6 Å². The molecule has 2 aromatic carbocycles. The lowest BCUT2D eigenvalue weighted by molar-refractivity contribution is 0.0953. The van der Waals surface area contributed by atoms with Crippen LogP contribution in [0.5, 0.6) is 0 Å². The Morgan fingerprint density at radius 3 is 2.86 bits per heavy atom. The van der Waals surface area contributed by atoms with E-state index < -0.39 is 0 Å². The van der Waals surface area contributed by atoms with Crippen molar-refractivity contribution in [3.05, 3.63) is 72.1 Å². The van der Waals surface area contributed by atoms with Crippen LogP contribution in [0.15, 0.2) is 60.9 Å². The molecular formula is C23H23N5O. The third-order valence-electron chi connectivity index (χ3n) is 4.80. The molecule has 0 saturated heterocycles. The molecule has 1 amide bonds. The summed E-state index contributed by atoms with van der Waals surface area (Å²) < 4.78 is 0. The maximum atomic E-state index is 12.3. The van der Waals surface area contributed by atoms with Crippen molar-refractivity contribution in [3.63, 3.8) is 0 Å². The molecule has 0 aliphatic rings. The van der Waals surface area contributed by atoms with Crippen LogP contribution < -0.4 is 10.6 Å². The number of anilines is 2. The molecule has 0 fully saturated rings. The van der Waals surface area contributed by atoms with E-state index in [1.165, 1.54) is 0 Å². The van der Waals surface area contributed by atoms with Crippen LogP contribution in [0.3, 0.4) is 0 Å². The Kier molecular flexibility index (Phi) is 5.24. The summed E-state index contributed by atoms with van der Waals surface area (Å²) >= 11 is 0. The number of hydrogen-bond donors (Lipinski definition) is 3. The number of aromatic amines is 1. The van der Waals surface area contributed by atoms with Gasteiger partial charge in [-0.15, -0.1) is 0 Å². The number of nitrogens with one attached hydrogen (secondary N) is 3. The Balaban J connectivity index is 1.62. The number of amides is 1. The number of carbonyl (C=O) groups is 1. The number of H-pyrrole nitrogens is 1. The van der Waals surface area contributed by atoms with Crippen molar-refractivity contribution in [1.82, 2.24) is 20.3 Å². The maximum absolute atomic E-state index is 12.3. The number of benzene rings is 2. The molecule has 4 aromatic rings. The zero-order chi connectivity index (χ0) is 20.2. The average molecular weight is 385 g/mol. The predicted molar refractivity (Wildman–Crippen MR) is 116 cm³/mol. The Morgan fingerprint density at radius 1 is 1.14 bits per heavy atom. The van der Waals surface area contributed by atoms with Crippen LogP contribution >= 0.6 is 0 Å². The number of nitrogens with zero attached hydrogens (tertiary/aromatic N) is 2. The van der Waals surface area contributed by atoms with E-state index in [-0.39, 0.29) is 5.91 Å². The summed E-state index contributed by atoms with van der Waals surface area (Å²) in [5.41, 5.74) is 5.35. The Labute approximate surface area is 169 Å². The quantitative estimate of drug-likeness (QED) is 0.444. The highest BCUT2D eigenvalue weighted by Crippen LogP contribution is 2.28. The average Bonchev–Trinajstić information content (AvgIpc) is 3.18. The first-order chi connectivity index (χ1) is 14.2. The van der Waals surface area contributed by atoms with Gasteiger partial charge in [-0.25, -0.2) is 9.97 Å². The van der Waals surface area contributed by atoms with E-state index in [4.69, 9.17) is 0 Å². The van der Waals surface area contributed by atoms with Crippen molar-refractivity contribution >= 4 is 28.4 Å². The number of fused-ring (bicyclic) bond motifs is 1. The summed E-state index contributed by atoms with van der Waals surface area (Å²) in [5.74, 6) is 0.408. The van der Waals surface area contributed by atoms with Crippen molar-refractivity contribution in [1.29, 1.82) is 0 Å². The molecule has 0 atom stereocenters. The minimum atomic E-state index is -0.0802. The summed E-state index contributed by atoms with van der Waals surface area (Å²) in [4.78, 5) is 24.6. The van der Waals surface area contributed by atoms with Crippen molar-refractivity contribution in [2.75, 3.05) is 11.9 Å². The summed E-state index contributed by atoms with van der Waals surface area (Å²) in [5, 5.41) is 7.28. The fourth-order valence-electron chi connectivity index (χ4n) is 3.21. The van der Waals surface area contributed by atoms with Crippen molar-refractivity contribution in [3.8, 4) is 11.3 Å². The van der Waals surface area contributed by atoms with Gasteiger partial charge >= 0.3 is 0 Å². The van der Waals surface area contributed by atoms with Gasteiger partial charge in [0.05, 0.1) is 5.69 Å². The lowest BCUT2D eigenvalue weighted by Gasteiger charge is -2.11. The molecule has 2 aromatic heterocycles. The van der Waals surface area contributed by atoms with E-state index in [1.807, 2.05) is 62.5 Å². The zero-order valence-corrected chi connectivity index (χ0v) is 16.5. The molecule has 3 N–H and O–H groups in total. The maximum Gasteiger partial charge on any atom is 0.251 e. The minimum absolute atomic E-state index is 0.0802. The molecule has 4 rings (SSSR count). The lowest BCUT2D eigenvalue weighted by atomic mass is 10.1. The molecule has 0 unspecified atom stereocenters. The van der Waals surface area contributed by atoms with Gasteiger partial charge in [0.2, 0.25) is 5.95 Å². The van der Waals surface area contributed by atoms with Crippen molar-refractivity contribution in [2.24, 2.45) is 0 Å². The van der Waals surface area contributed by atoms with Crippen LogP contribution in [0, 0.1) is 6.92 Å². The third-order valence-corrected chi connectivity index (χ3v) is 4.80. The second kappa shape index (κ2) is 8.14. The van der Waals surface area contributed by atoms with E-state index in [1.54, 1.807) is 6.20 Å². The minimum Gasteiger partial charge on any atom is -0.360 e. The largest absolute Gasteiger partial charge is 0.360 e. The van der Waals surface area contributed by atoms with Crippen LogP contribution in [0.4, 0.5) is 11.6 Å². The van der Waals surface area contributed by atoms with Gasteiger partial charge in [0.15, 0.2) is 0 Å². The van der Waals surface area contributed by atoms with Gasteiger partial charge in [-0.3, -0.25) is 4.79 Å². The monoisotopic (exact) mass is 385 g/mol. The highest BCUT2D eigenvalue weighted by atomic mass is 16.1. The topological polar surface area (TPSA) is 82.7 Å². The smallest absolute Gasteiger partial charge is 0.251 e. The molecule has 0 saturated carbocycles. The third kappa shape index (κ3) is 3.96. The van der Waals surface area contributed by atoms with Crippen LogP contribution in [0.25, 0.3) is 22.2 Å². The zero-order valence-electron chi connectivity index (χ0n) is 16.5. The van der Waals surface area contributed by atoms with Crippen molar-refractivity contribution in [2.45, 2.75) is 20.3 Å². The van der Waals surface area contributed by atoms with Gasteiger partial charge in [-0.1, -0.05) is 31.2 Å². The molecule has 0 spiro atoms. The molecule has 0 aliphatic carbocycles. The predicted octanol–water partition coefficient (Wildman–Crippen LogP) is 4.82. The number of aromatic nitrogens is 3. The molecule has 0 radical (unpaired) electrons. The first-order valence-electron chi connectivity index (χ1n) is 9.71. The molecule has 29 heavy (non-hydrogen) atoms. The molecule has 2 heterocycles. The summed E-state index contributed by atoms with van der Waals surface area (Å²) in [6, 6.07) is 15.6. The van der Waals surface area contributed by atoms with Gasteiger partial charge in [0, 0.05) is 46.7 Å². The first-order valence-corrected chi connectivity index (χ1v) is 9.71. The van der Waals surface area contributed by atoms with E-state index in [0.29, 0.717) is 18.1 Å². The summed E-state index contributed by atoms with van der Waals surface area (Å²) in [7, 11) is 0. The number of rotatable bonds is 6. The lowest BCUT2D eigenvalue weighted by Crippen LogP contribution is -2.24. The van der Waals surface area contributed by atoms with E-state index >= 15 is 0 Å². The second-order valence-corrected chi connectivity index (χ2v) is 6.92. The SMILES string of the molecule is CCCNC(=O)c1ccc(C)c(Nc2nccc(-c3c[nH]c4ccccc34)n2)c1. The molecule has 6 nitrogen and oxygen atoms in total. The van der Waals surface area contributed by atoms with Crippen LogP contribution in [-0.2, 0) is 0 Å². The highest BCUT2D eigenvalue weighted by molar-refractivity contribution is 5.96. The number of aryl methyl sites for hydroxylation is 1. The van der Waals surface area contributed by atoms with Crippen LogP contribution in [0.2, 0.25) is 0 Å². The van der Waals surface area contributed by atoms with Crippen LogP contribution in [0.1, 0.15) is 29.3 Å². The molecule has 0 bridgehead atoms. The first kappa shape index (κ1) is 18.7. The fourth-order valence-corrected chi connectivity index (χ4v) is 3.21. The molecular weight excluding hydrogens is 362 g/mol. The Morgan fingerprint density at radius 2 is 2.00 bits per heavy atom. The Bertz CT molecular complexity index is 1160. The van der Waals surface area contributed by atoms with E-state index in [0.717, 1.165) is 39.8 Å². The highest BCUT2D eigenvalue weighted by Gasteiger charge is 2.11. The van der Waals surface area contributed by atoms with Crippen molar-refractivity contribution < 1.29 is 4.79 Å². The molecule has 0 aliphatic heterocycles. The number of para-hydroxylation sites is 1. The Hall–Kier alpha value is -3.67. The van der Waals surface area contributed by atoms with Gasteiger partial charge in [0.1, 0.15) is 0 Å². The molecule has 146 valence electrons. The fraction of sp³-hybridized carbons (Fsp3) is 0.174. The standard InChI is InChI=1S/C23H23N5O/c1-3-11-24-22(29)16-9-8-15(2)21(13-16)28-23-25-12-10-20(27-23)18-14-26-19-7-5-4-6-17(18)19/h4-10,12-14,26H,3,11H2,1-2H3,(H,24,29)(H,25,27,28). The summed E-state index contributed by atoms with van der Waals surface area (Å²) in [6.07, 6.45) is 4.59. The molecule has 6 heteroatoms. The van der Waals surface area contributed by atoms with Gasteiger partial charge in [-0.05, 0) is 43.2 Å².